The van der Waals surface area contributed by atoms with Gasteiger partial charge in [0, 0.05) is 16.3 Å². The summed E-state index contributed by atoms with van der Waals surface area (Å²) in [4.78, 5) is 13.9. The second kappa shape index (κ2) is 4.78. The lowest BCUT2D eigenvalue weighted by molar-refractivity contribution is 0.0834. The molecule has 2 N–H and O–H groups in total. The Morgan fingerprint density at radius 1 is 1.65 bits per heavy atom. The average Bonchev–Trinajstić information content (AvgIpc) is 2.87. The maximum atomic E-state index is 12.0. The molecule has 0 spiro atoms. The molecule has 1 aliphatic rings. The fourth-order valence-corrected chi connectivity index (χ4v) is 3.22. The maximum Gasteiger partial charge on any atom is 0.261 e. The van der Waals surface area contributed by atoms with E-state index in [1.54, 1.807) is 0 Å². The van der Waals surface area contributed by atoms with Gasteiger partial charge in [0.25, 0.3) is 5.91 Å². The van der Waals surface area contributed by atoms with Crippen LogP contribution >= 0.6 is 11.3 Å². The smallest absolute Gasteiger partial charge is 0.261 e. The molecule has 4 heteroatoms. The molecule has 0 radical (unpaired) electrons. The first-order valence-corrected chi connectivity index (χ1v) is 6.85. The Bertz CT molecular complexity index is 415. The van der Waals surface area contributed by atoms with E-state index in [-0.39, 0.29) is 24.0 Å². The highest BCUT2D eigenvalue weighted by molar-refractivity contribution is 7.13. The average molecular weight is 253 g/mol. The number of carbonyl (C=O) groups excluding carboxylic acids is 1. The van der Waals surface area contributed by atoms with Gasteiger partial charge in [-0.15, -0.1) is 11.3 Å². The fourth-order valence-electron chi connectivity index (χ4n) is 2.45. The minimum absolute atomic E-state index is 0.00493. The molecule has 1 heterocycles. The predicted octanol–water partition coefficient (Wildman–Crippen LogP) is 2.34. The minimum atomic E-state index is -0.151. The van der Waals surface area contributed by atoms with Crippen molar-refractivity contribution in [1.29, 1.82) is 0 Å². The van der Waals surface area contributed by atoms with E-state index in [4.69, 9.17) is 0 Å². The van der Waals surface area contributed by atoms with Crippen molar-refractivity contribution in [2.75, 3.05) is 6.61 Å². The molecule has 1 amide bonds. The summed E-state index contributed by atoms with van der Waals surface area (Å²) in [6.45, 7) is 4.18. The Balaban J connectivity index is 2.04. The van der Waals surface area contributed by atoms with Crippen molar-refractivity contribution in [3.8, 4) is 0 Å². The summed E-state index contributed by atoms with van der Waals surface area (Å²) in [5.41, 5.74) is -0.151. The molecule has 94 valence electrons. The number of hydrogen-bond acceptors (Lipinski definition) is 3. The first-order chi connectivity index (χ1) is 8.05. The molecule has 1 fully saturated rings. The summed E-state index contributed by atoms with van der Waals surface area (Å²) in [6.07, 6.45) is 3.02. The van der Waals surface area contributed by atoms with Crippen LogP contribution in [-0.2, 0) is 0 Å². The number of hydrogen-bond donors (Lipinski definition) is 2. The van der Waals surface area contributed by atoms with Crippen molar-refractivity contribution >= 4 is 17.2 Å². The van der Waals surface area contributed by atoms with Crippen molar-refractivity contribution in [1.82, 2.24) is 5.32 Å². The van der Waals surface area contributed by atoms with Crippen LogP contribution in [-0.4, -0.2) is 23.7 Å². The second-order valence-corrected chi connectivity index (χ2v) is 6.43. The minimum Gasteiger partial charge on any atom is -0.396 e. The van der Waals surface area contributed by atoms with Crippen molar-refractivity contribution in [3.63, 3.8) is 0 Å². The van der Waals surface area contributed by atoms with Gasteiger partial charge in [-0.05, 0) is 31.9 Å². The van der Waals surface area contributed by atoms with Gasteiger partial charge in [0.05, 0.1) is 11.5 Å². The zero-order valence-corrected chi connectivity index (χ0v) is 11.1. The van der Waals surface area contributed by atoms with Crippen molar-refractivity contribution in [2.24, 2.45) is 5.41 Å². The number of aliphatic hydroxyl groups excluding tert-OH is 1. The second-order valence-electron chi connectivity index (χ2n) is 5.14. The first kappa shape index (κ1) is 12.6. The van der Waals surface area contributed by atoms with Crippen molar-refractivity contribution < 1.29 is 9.90 Å². The summed E-state index contributed by atoms with van der Waals surface area (Å²) in [6, 6.07) is 3.92. The lowest BCUT2D eigenvalue weighted by Crippen LogP contribution is -2.44. The van der Waals surface area contributed by atoms with Gasteiger partial charge >= 0.3 is 0 Å². The van der Waals surface area contributed by atoms with Gasteiger partial charge in [0.2, 0.25) is 0 Å². The summed E-state index contributed by atoms with van der Waals surface area (Å²) in [5.74, 6) is -0.00493. The van der Waals surface area contributed by atoms with Gasteiger partial charge in [-0.25, -0.2) is 0 Å². The van der Waals surface area contributed by atoms with Crippen LogP contribution in [0.25, 0.3) is 0 Å². The van der Waals surface area contributed by atoms with Gasteiger partial charge in [-0.2, -0.15) is 0 Å². The van der Waals surface area contributed by atoms with E-state index in [2.05, 4.69) is 5.32 Å². The molecular weight excluding hydrogens is 234 g/mol. The van der Waals surface area contributed by atoms with Crippen molar-refractivity contribution in [2.45, 2.75) is 39.2 Å². The molecule has 1 aromatic rings. The van der Waals surface area contributed by atoms with Crippen LogP contribution < -0.4 is 5.32 Å². The van der Waals surface area contributed by atoms with E-state index in [1.165, 1.54) is 11.3 Å². The summed E-state index contributed by atoms with van der Waals surface area (Å²) in [5, 5.41) is 12.5. The fraction of sp³-hybridized carbons (Fsp3) is 0.615. The van der Waals surface area contributed by atoms with Crippen LogP contribution in [0.5, 0.6) is 0 Å². The zero-order chi connectivity index (χ0) is 12.5. The molecule has 3 nitrogen and oxygen atoms in total. The standard InChI is InChI=1S/C13H19NO2S/c1-9-5-6-10(17-9)12(16)14-11-4-3-7-13(11,2)8-15/h5-6,11,15H,3-4,7-8H2,1-2H3,(H,14,16). The van der Waals surface area contributed by atoms with Crippen LogP contribution in [0.4, 0.5) is 0 Å². The molecule has 2 unspecified atom stereocenters. The highest BCUT2D eigenvalue weighted by Gasteiger charge is 2.39. The normalized spacial score (nSPS) is 28.3. The molecule has 2 atom stereocenters. The molecule has 0 aromatic carbocycles. The Labute approximate surface area is 106 Å². The largest absolute Gasteiger partial charge is 0.396 e. The Kier molecular flexibility index (Phi) is 3.54. The number of nitrogens with one attached hydrogen (secondary N) is 1. The number of rotatable bonds is 3. The number of amides is 1. The predicted molar refractivity (Wildman–Crippen MR) is 69.4 cm³/mol. The van der Waals surface area contributed by atoms with E-state index in [0.29, 0.717) is 0 Å². The molecular formula is C13H19NO2S. The highest BCUT2D eigenvalue weighted by Crippen LogP contribution is 2.37. The number of aryl methyl sites for hydroxylation is 1. The molecule has 1 saturated carbocycles. The molecule has 17 heavy (non-hydrogen) atoms. The number of thiophene rings is 1. The van der Waals surface area contributed by atoms with Gasteiger partial charge < -0.3 is 10.4 Å². The summed E-state index contributed by atoms with van der Waals surface area (Å²) < 4.78 is 0. The molecule has 1 aromatic heterocycles. The molecule has 0 bridgehead atoms. The monoisotopic (exact) mass is 253 g/mol. The maximum absolute atomic E-state index is 12.0. The van der Waals surface area contributed by atoms with Crippen LogP contribution in [0.15, 0.2) is 12.1 Å². The van der Waals surface area contributed by atoms with Gasteiger partial charge in [0.1, 0.15) is 0 Å². The SMILES string of the molecule is Cc1ccc(C(=O)NC2CCCC2(C)CO)s1. The van der Waals surface area contributed by atoms with E-state index >= 15 is 0 Å². The van der Waals surface area contributed by atoms with Crippen LogP contribution in [0.3, 0.4) is 0 Å². The third-order valence-electron chi connectivity index (χ3n) is 3.71. The van der Waals surface area contributed by atoms with E-state index < -0.39 is 0 Å². The Hall–Kier alpha value is -0.870. The van der Waals surface area contributed by atoms with E-state index in [0.717, 1.165) is 29.0 Å². The van der Waals surface area contributed by atoms with E-state index in [1.807, 2.05) is 26.0 Å². The number of aliphatic hydroxyl groups is 1. The van der Waals surface area contributed by atoms with E-state index in [9.17, 15) is 9.90 Å². The lowest BCUT2D eigenvalue weighted by atomic mass is 9.86. The summed E-state index contributed by atoms with van der Waals surface area (Å²) >= 11 is 1.51. The zero-order valence-electron chi connectivity index (χ0n) is 10.3. The first-order valence-electron chi connectivity index (χ1n) is 6.03. The molecule has 2 rings (SSSR count). The highest BCUT2D eigenvalue weighted by atomic mass is 32.1. The van der Waals surface area contributed by atoms with Gasteiger partial charge in [-0.3, -0.25) is 4.79 Å². The molecule has 0 aliphatic heterocycles. The molecule has 0 saturated heterocycles. The van der Waals surface area contributed by atoms with Crippen molar-refractivity contribution in [3.05, 3.63) is 21.9 Å². The van der Waals surface area contributed by atoms with Gasteiger partial charge in [0.15, 0.2) is 0 Å². The third kappa shape index (κ3) is 2.53. The van der Waals surface area contributed by atoms with Crippen LogP contribution in [0.2, 0.25) is 0 Å². The number of carbonyl (C=O) groups is 1. The molecule has 1 aliphatic carbocycles. The van der Waals surface area contributed by atoms with Crippen LogP contribution in [0.1, 0.15) is 40.7 Å². The van der Waals surface area contributed by atoms with Gasteiger partial charge in [-0.1, -0.05) is 13.3 Å². The quantitative estimate of drug-likeness (QED) is 0.868. The Morgan fingerprint density at radius 2 is 2.41 bits per heavy atom. The topological polar surface area (TPSA) is 49.3 Å². The third-order valence-corrected chi connectivity index (χ3v) is 4.71. The lowest BCUT2D eigenvalue weighted by Gasteiger charge is -2.29. The van der Waals surface area contributed by atoms with Crippen LogP contribution in [0, 0.1) is 12.3 Å². The summed E-state index contributed by atoms with van der Waals surface area (Å²) in [7, 11) is 0. The Morgan fingerprint density at radius 3 is 3.00 bits per heavy atom.